The highest BCUT2D eigenvalue weighted by Gasteiger charge is 2.62. The minimum atomic E-state index is -4.43. The zero-order chi connectivity index (χ0) is 37.4. The third-order valence-corrected chi connectivity index (χ3v) is 10.4. The molecule has 1 aliphatic heterocycles. The fourth-order valence-corrected chi connectivity index (χ4v) is 7.08. The van der Waals surface area contributed by atoms with Crippen LogP contribution in [0.1, 0.15) is 83.5 Å². The number of hydrogen-bond acceptors (Lipinski definition) is 10. The summed E-state index contributed by atoms with van der Waals surface area (Å²) < 4.78 is 80.0. The molecule has 0 bridgehead atoms. The minimum absolute atomic E-state index is 0.0771. The third-order valence-electron chi connectivity index (χ3n) is 8.87. The number of nitrogens with one attached hydrogen (secondary N) is 2. The van der Waals surface area contributed by atoms with Crippen molar-refractivity contribution in [3.8, 4) is 11.7 Å². The fourth-order valence-electron chi connectivity index (χ4n) is 5.91. The van der Waals surface area contributed by atoms with Crippen molar-refractivity contribution in [3.63, 3.8) is 0 Å². The van der Waals surface area contributed by atoms with E-state index in [4.69, 9.17) is 21.1 Å². The molecule has 3 aromatic heterocycles. The lowest BCUT2D eigenvalue weighted by Crippen LogP contribution is -2.49. The molecule has 1 unspecified atom stereocenters. The summed E-state index contributed by atoms with van der Waals surface area (Å²) in [6.45, 7) is 9.66. The number of alkyl halides is 3. The van der Waals surface area contributed by atoms with Crippen molar-refractivity contribution >= 4 is 39.4 Å². The first kappa shape index (κ1) is 38.1. The number of nitrogens with zero attached hydrogens (tertiary/aromatic N) is 5. The molecule has 18 heteroatoms. The zero-order valence-electron chi connectivity index (χ0n) is 28.9. The summed E-state index contributed by atoms with van der Waals surface area (Å²) in [7, 11) is -4.43. The Kier molecular flexibility index (Phi) is 10.6. The van der Waals surface area contributed by atoms with Gasteiger partial charge in [0.25, 0.3) is 15.9 Å². The van der Waals surface area contributed by atoms with Gasteiger partial charge in [-0.1, -0.05) is 17.7 Å². The van der Waals surface area contributed by atoms with E-state index in [1.807, 2.05) is 39.3 Å². The Morgan fingerprint density at radius 3 is 2.43 bits per heavy atom. The Morgan fingerprint density at radius 2 is 1.78 bits per heavy atom. The highest BCUT2D eigenvalue weighted by molar-refractivity contribution is 7.90. The number of sulfonamides is 1. The summed E-state index contributed by atoms with van der Waals surface area (Å²) in [6.07, 6.45) is -1.06. The fraction of sp³-hybridized carbons (Fsp3) is 0.545. The number of amides is 2. The van der Waals surface area contributed by atoms with E-state index in [-0.39, 0.29) is 71.8 Å². The minimum Gasteiger partial charge on any atom is -0.477 e. The first-order valence-electron chi connectivity index (χ1n) is 16.4. The van der Waals surface area contributed by atoms with Crippen molar-refractivity contribution in [1.29, 1.82) is 0 Å². The molecule has 4 heterocycles. The van der Waals surface area contributed by atoms with Gasteiger partial charge in [0.05, 0.1) is 17.6 Å². The Morgan fingerprint density at radius 1 is 1.06 bits per heavy atom. The van der Waals surface area contributed by atoms with E-state index in [0.717, 1.165) is 12.8 Å². The average Bonchev–Trinajstić information content (AvgIpc) is 3.57. The normalized spacial score (nSPS) is 18.3. The van der Waals surface area contributed by atoms with Crippen LogP contribution >= 0.6 is 11.6 Å². The van der Waals surface area contributed by atoms with Crippen LogP contribution in [0.2, 0.25) is 5.15 Å². The van der Waals surface area contributed by atoms with Crippen LogP contribution in [0.5, 0.6) is 5.88 Å². The average molecular weight is 756 g/mol. The van der Waals surface area contributed by atoms with Gasteiger partial charge in [0.1, 0.15) is 16.6 Å². The molecule has 2 aliphatic rings. The van der Waals surface area contributed by atoms with Crippen LogP contribution in [-0.2, 0) is 14.8 Å². The SMILES string of the molecule is CC(C)(C)OC(=O)N1C(CCNc2cccc(S(=O)(=O)NC(=O)c3ccc(-n4ccc(OCCC5(C(F)(F)F)CC5)n4)nc3Cl)n2)CCC1(C)C. The van der Waals surface area contributed by atoms with Crippen LogP contribution in [-0.4, -0.2) is 81.6 Å². The van der Waals surface area contributed by atoms with Crippen molar-refractivity contribution in [1.82, 2.24) is 29.4 Å². The number of aromatic nitrogens is 4. The highest BCUT2D eigenvalue weighted by atomic mass is 35.5. The molecule has 278 valence electrons. The zero-order valence-corrected chi connectivity index (χ0v) is 30.5. The molecule has 13 nitrogen and oxygen atoms in total. The topological polar surface area (TPSA) is 158 Å². The molecule has 0 radical (unpaired) electrons. The molecule has 51 heavy (non-hydrogen) atoms. The smallest absolute Gasteiger partial charge is 0.410 e. The number of carbonyl (C=O) groups excluding carboxylic acids is 2. The number of ether oxygens (including phenoxy) is 2. The van der Waals surface area contributed by atoms with E-state index < -0.39 is 38.1 Å². The van der Waals surface area contributed by atoms with E-state index in [1.54, 1.807) is 11.0 Å². The molecule has 0 aromatic carbocycles. The second-order valence-corrected chi connectivity index (χ2v) is 16.3. The largest absolute Gasteiger partial charge is 0.477 e. The Hall–Kier alpha value is -4.12. The molecule has 0 spiro atoms. The monoisotopic (exact) mass is 755 g/mol. The molecule has 1 saturated carbocycles. The van der Waals surface area contributed by atoms with Crippen molar-refractivity contribution in [3.05, 3.63) is 53.3 Å². The lowest BCUT2D eigenvalue weighted by molar-refractivity contribution is -0.190. The number of pyridine rings is 2. The molecule has 2 N–H and O–H groups in total. The first-order valence-corrected chi connectivity index (χ1v) is 18.3. The summed E-state index contributed by atoms with van der Waals surface area (Å²) >= 11 is 6.25. The van der Waals surface area contributed by atoms with Gasteiger partial charge >= 0.3 is 12.3 Å². The lowest BCUT2D eigenvalue weighted by atomic mass is 10.0. The van der Waals surface area contributed by atoms with Crippen LogP contribution in [0.3, 0.4) is 0 Å². The van der Waals surface area contributed by atoms with Crippen LogP contribution in [0.25, 0.3) is 5.82 Å². The standard InChI is InChI=1S/C33H41ClF3N7O6S/c1-30(2,3)50-29(46)44-21(11-14-31(44,4)5)12-18-38-23-7-6-8-26(39-23)51(47,48)42-28(45)22-9-10-24(40-27(22)34)43-19-13-25(41-43)49-20-17-32(15-16-32)33(35,36)37/h6-10,13,19,21H,11-12,14-18,20H2,1-5H3,(H,38,39)(H,42,45). The van der Waals surface area contributed by atoms with Gasteiger partial charge in [-0.3, -0.25) is 4.79 Å². The molecule has 1 aliphatic carbocycles. The van der Waals surface area contributed by atoms with Gasteiger partial charge in [0.15, 0.2) is 10.8 Å². The van der Waals surface area contributed by atoms with E-state index in [0.29, 0.717) is 13.0 Å². The van der Waals surface area contributed by atoms with Crippen molar-refractivity contribution < 1.29 is 40.7 Å². The Balaban J connectivity index is 1.16. The number of halogens is 4. The van der Waals surface area contributed by atoms with Crippen molar-refractivity contribution in [2.24, 2.45) is 5.41 Å². The second kappa shape index (κ2) is 14.1. The van der Waals surface area contributed by atoms with Gasteiger partial charge in [-0.15, -0.1) is 5.10 Å². The Bertz CT molecular complexity index is 1880. The van der Waals surface area contributed by atoms with Crippen molar-refractivity contribution in [2.45, 2.75) is 102 Å². The van der Waals surface area contributed by atoms with Crippen molar-refractivity contribution in [2.75, 3.05) is 18.5 Å². The Labute approximate surface area is 299 Å². The van der Waals surface area contributed by atoms with E-state index in [9.17, 15) is 31.2 Å². The molecule has 1 saturated heterocycles. The summed E-state index contributed by atoms with van der Waals surface area (Å²) in [5.74, 6) is -0.564. The van der Waals surface area contributed by atoms with Gasteiger partial charge in [-0.2, -0.15) is 21.6 Å². The van der Waals surface area contributed by atoms with Gasteiger partial charge < -0.3 is 19.7 Å². The lowest BCUT2D eigenvalue weighted by Gasteiger charge is -2.37. The maximum Gasteiger partial charge on any atom is 0.410 e. The van der Waals surface area contributed by atoms with E-state index in [2.05, 4.69) is 20.4 Å². The van der Waals surface area contributed by atoms with Gasteiger partial charge in [0, 0.05) is 30.4 Å². The molecular formula is C33H41ClF3N7O6S. The molecule has 1 atom stereocenters. The molecule has 2 amide bonds. The maximum atomic E-state index is 13.2. The predicted molar refractivity (Wildman–Crippen MR) is 181 cm³/mol. The molecule has 3 aromatic rings. The summed E-state index contributed by atoms with van der Waals surface area (Å²) in [4.78, 5) is 36.0. The van der Waals surface area contributed by atoms with E-state index >= 15 is 0 Å². The van der Waals surface area contributed by atoms with Gasteiger partial charge in [-0.25, -0.2) is 24.2 Å². The summed E-state index contributed by atoms with van der Waals surface area (Å²) in [5, 5.41) is 6.51. The van der Waals surface area contributed by atoms with Gasteiger partial charge in [-0.05, 0) is 97.4 Å². The summed E-state index contributed by atoms with van der Waals surface area (Å²) in [5.41, 5.74) is -2.94. The number of hydrogen-bond donors (Lipinski definition) is 2. The highest BCUT2D eigenvalue weighted by Crippen LogP contribution is 2.59. The third kappa shape index (κ3) is 9.04. The van der Waals surface area contributed by atoms with Crippen LogP contribution < -0.4 is 14.8 Å². The van der Waals surface area contributed by atoms with E-state index in [1.165, 1.54) is 41.2 Å². The number of anilines is 1. The molecule has 2 fully saturated rings. The van der Waals surface area contributed by atoms with Crippen LogP contribution in [0.15, 0.2) is 47.6 Å². The second-order valence-electron chi connectivity index (χ2n) is 14.3. The van der Waals surface area contributed by atoms with Crippen LogP contribution in [0.4, 0.5) is 23.8 Å². The van der Waals surface area contributed by atoms with Gasteiger partial charge in [0.2, 0.25) is 5.88 Å². The predicted octanol–water partition coefficient (Wildman–Crippen LogP) is 6.53. The number of carbonyl (C=O) groups is 2. The number of likely N-dealkylation sites (tertiary alicyclic amines) is 1. The quantitative estimate of drug-likeness (QED) is 0.195. The number of rotatable bonds is 12. The molecule has 5 rings (SSSR count). The maximum absolute atomic E-state index is 13.2. The summed E-state index contributed by atoms with van der Waals surface area (Å²) in [6, 6.07) is 8.28. The first-order chi connectivity index (χ1) is 23.7. The molecular weight excluding hydrogens is 715 g/mol. The van der Waals surface area contributed by atoms with Crippen LogP contribution in [0, 0.1) is 5.41 Å².